The second-order valence-electron chi connectivity index (χ2n) is 4.45. The van der Waals surface area contributed by atoms with Gasteiger partial charge in [0, 0.05) is 18.9 Å². The molecule has 1 N–H and O–H groups in total. The highest BCUT2D eigenvalue weighted by Gasteiger charge is 2.00. The number of anilines is 1. The van der Waals surface area contributed by atoms with Gasteiger partial charge >= 0.3 is 0 Å². The lowest BCUT2D eigenvalue weighted by molar-refractivity contribution is 0.630. The van der Waals surface area contributed by atoms with Crippen molar-refractivity contribution in [3.63, 3.8) is 0 Å². The molecule has 3 rings (SSSR count). The third-order valence-corrected chi connectivity index (χ3v) is 3.06. The van der Waals surface area contributed by atoms with Gasteiger partial charge in [-0.2, -0.15) is 5.10 Å². The number of hydrogen-bond donors (Lipinski definition) is 1. The van der Waals surface area contributed by atoms with Crippen LogP contribution in [0.3, 0.4) is 0 Å². The van der Waals surface area contributed by atoms with Crippen molar-refractivity contribution in [2.24, 2.45) is 0 Å². The van der Waals surface area contributed by atoms with Gasteiger partial charge < -0.3 is 5.32 Å². The van der Waals surface area contributed by atoms with Crippen molar-refractivity contribution in [3.8, 4) is 5.69 Å². The molecular formula is C16H14FN3. The Morgan fingerprint density at radius 2 is 1.80 bits per heavy atom. The molecule has 100 valence electrons. The molecule has 0 unspecified atom stereocenters. The molecule has 1 heterocycles. The van der Waals surface area contributed by atoms with Crippen LogP contribution >= 0.6 is 0 Å². The summed E-state index contributed by atoms with van der Waals surface area (Å²) in [5.41, 5.74) is 2.61. The molecule has 0 aliphatic heterocycles. The van der Waals surface area contributed by atoms with Gasteiger partial charge in [0.15, 0.2) is 0 Å². The summed E-state index contributed by atoms with van der Waals surface area (Å²) in [7, 11) is 0. The first-order valence-electron chi connectivity index (χ1n) is 6.40. The summed E-state index contributed by atoms with van der Waals surface area (Å²) in [5.74, 6) is -0.235. The van der Waals surface area contributed by atoms with E-state index < -0.39 is 0 Å². The standard InChI is InChI=1S/C16H14FN3/c17-15-4-1-2-5-16(15)18-12-13-6-8-14(9-7-13)20-11-3-10-19-20/h1-11,18H,12H2. The fourth-order valence-corrected chi connectivity index (χ4v) is 1.99. The minimum atomic E-state index is -0.235. The van der Waals surface area contributed by atoms with Crippen molar-refractivity contribution in [2.45, 2.75) is 6.54 Å². The number of benzene rings is 2. The number of aromatic nitrogens is 2. The molecule has 0 amide bonds. The summed E-state index contributed by atoms with van der Waals surface area (Å²) in [5, 5.41) is 7.26. The van der Waals surface area contributed by atoms with Crippen LogP contribution in [-0.2, 0) is 6.54 Å². The Morgan fingerprint density at radius 3 is 2.50 bits per heavy atom. The minimum Gasteiger partial charge on any atom is -0.379 e. The van der Waals surface area contributed by atoms with E-state index in [1.165, 1.54) is 6.07 Å². The van der Waals surface area contributed by atoms with Crippen LogP contribution in [0.4, 0.5) is 10.1 Å². The summed E-state index contributed by atoms with van der Waals surface area (Å²) in [4.78, 5) is 0. The quantitative estimate of drug-likeness (QED) is 0.782. The van der Waals surface area contributed by atoms with E-state index >= 15 is 0 Å². The van der Waals surface area contributed by atoms with Crippen molar-refractivity contribution >= 4 is 5.69 Å². The predicted octanol–water partition coefficient (Wildman–Crippen LogP) is 3.62. The average molecular weight is 267 g/mol. The fraction of sp³-hybridized carbons (Fsp3) is 0.0625. The third kappa shape index (κ3) is 2.69. The lowest BCUT2D eigenvalue weighted by Crippen LogP contribution is -2.01. The number of nitrogens with zero attached hydrogens (tertiary/aromatic N) is 2. The van der Waals surface area contributed by atoms with Crippen LogP contribution in [0.25, 0.3) is 5.69 Å². The molecule has 1 aromatic heterocycles. The molecule has 0 aliphatic carbocycles. The SMILES string of the molecule is Fc1ccccc1NCc1ccc(-n2cccn2)cc1. The van der Waals surface area contributed by atoms with Crippen LogP contribution < -0.4 is 5.32 Å². The first-order chi connectivity index (χ1) is 9.83. The molecule has 0 spiro atoms. The summed E-state index contributed by atoms with van der Waals surface area (Å²) in [6.45, 7) is 0.584. The smallest absolute Gasteiger partial charge is 0.146 e. The summed E-state index contributed by atoms with van der Waals surface area (Å²) in [6.07, 6.45) is 3.64. The van der Waals surface area contributed by atoms with Crippen molar-refractivity contribution in [1.29, 1.82) is 0 Å². The predicted molar refractivity (Wildman–Crippen MR) is 77.3 cm³/mol. The zero-order valence-electron chi connectivity index (χ0n) is 10.8. The second kappa shape index (κ2) is 5.57. The molecule has 0 fully saturated rings. The van der Waals surface area contributed by atoms with Crippen LogP contribution in [0.1, 0.15) is 5.56 Å². The third-order valence-electron chi connectivity index (χ3n) is 3.06. The first kappa shape index (κ1) is 12.4. The lowest BCUT2D eigenvalue weighted by atomic mass is 10.2. The van der Waals surface area contributed by atoms with Crippen molar-refractivity contribution in [2.75, 3.05) is 5.32 Å². The fourth-order valence-electron chi connectivity index (χ4n) is 1.99. The van der Waals surface area contributed by atoms with E-state index in [2.05, 4.69) is 10.4 Å². The summed E-state index contributed by atoms with van der Waals surface area (Å²) in [6, 6.07) is 16.5. The Kier molecular flexibility index (Phi) is 3.46. The maximum atomic E-state index is 13.5. The van der Waals surface area contributed by atoms with E-state index in [-0.39, 0.29) is 5.82 Å². The van der Waals surface area contributed by atoms with Crippen LogP contribution in [0.5, 0.6) is 0 Å². The van der Waals surface area contributed by atoms with E-state index in [4.69, 9.17) is 0 Å². The van der Waals surface area contributed by atoms with Gasteiger partial charge in [-0.15, -0.1) is 0 Å². The number of nitrogens with one attached hydrogen (secondary N) is 1. The largest absolute Gasteiger partial charge is 0.379 e. The first-order valence-corrected chi connectivity index (χ1v) is 6.40. The Labute approximate surface area is 116 Å². The molecule has 0 saturated heterocycles. The Bertz CT molecular complexity index is 675. The maximum Gasteiger partial charge on any atom is 0.146 e. The van der Waals surface area contributed by atoms with E-state index in [1.54, 1.807) is 23.0 Å². The molecule has 0 aliphatic rings. The topological polar surface area (TPSA) is 29.9 Å². The van der Waals surface area contributed by atoms with Gasteiger partial charge in [0.2, 0.25) is 0 Å². The van der Waals surface area contributed by atoms with E-state index in [0.717, 1.165) is 11.3 Å². The average Bonchev–Trinajstić information content (AvgIpc) is 3.01. The van der Waals surface area contributed by atoms with E-state index in [0.29, 0.717) is 12.2 Å². The zero-order chi connectivity index (χ0) is 13.8. The van der Waals surface area contributed by atoms with Crippen LogP contribution in [0.2, 0.25) is 0 Å². The van der Waals surface area contributed by atoms with Crippen LogP contribution in [-0.4, -0.2) is 9.78 Å². The molecule has 4 heteroatoms. The molecule has 20 heavy (non-hydrogen) atoms. The summed E-state index contributed by atoms with van der Waals surface area (Å²) < 4.78 is 15.3. The molecular weight excluding hydrogens is 253 g/mol. The highest BCUT2D eigenvalue weighted by molar-refractivity contribution is 5.45. The highest BCUT2D eigenvalue weighted by Crippen LogP contribution is 2.15. The molecule has 0 radical (unpaired) electrons. The molecule has 2 aromatic carbocycles. The maximum absolute atomic E-state index is 13.5. The Morgan fingerprint density at radius 1 is 1.00 bits per heavy atom. The number of halogens is 1. The summed E-state index contributed by atoms with van der Waals surface area (Å²) >= 11 is 0. The van der Waals surface area contributed by atoms with Gasteiger partial charge in [0.05, 0.1) is 11.4 Å². The normalized spacial score (nSPS) is 10.4. The van der Waals surface area contributed by atoms with Crippen LogP contribution in [0, 0.1) is 5.82 Å². The number of para-hydroxylation sites is 1. The van der Waals surface area contributed by atoms with E-state index in [9.17, 15) is 4.39 Å². The lowest BCUT2D eigenvalue weighted by Gasteiger charge is -2.08. The monoisotopic (exact) mass is 267 g/mol. The zero-order valence-corrected chi connectivity index (χ0v) is 10.8. The van der Waals surface area contributed by atoms with Gasteiger partial charge in [-0.1, -0.05) is 24.3 Å². The van der Waals surface area contributed by atoms with Gasteiger partial charge in [-0.25, -0.2) is 9.07 Å². The van der Waals surface area contributed by atoms with Gasteiger partial charge in [-0.3, -0.25) is 0 Å². The number of hydrogen-bond acceptors (Lipinski definition) is 2. The van der Waals surface area contributed by atoms with Crippen LogP contribution in [0.15, 0.2) is 67.0 Å². The van der Waals surface area contributed by atoms with Crippen molar-refractivity contribution < 1.29 is 4.39 Å². The molecule has 0 bridgehead atoms. The minimum absolute atomic E-state index is 0.235. The molecule has 0 saturated carbocycles. The number of rotatable bonds is 4. The molecule has 0 atom stereocenters. The van der Waals surface area contributed by atoms with Crippen molar-refractivity contribution in [1.82, 2.24) is 9.78 Å². The van der Waals surface area contributed by atoms with Gasteiger partial charge in [0.25, 0.3) is 0 Å². The molecule has 3 nitrogen and oxygen atoms in total. The highest BCUT2D eigenvalue weighted by atomic mass is 19.1. The van der Waals surface area contributed by atoms with Crippen molar-refractivity contribution in [3.05, 3.63) is 78.4 Å². The van der Waals surface area contributed by atoms with Gasteiger partial charge in [0.1, 0.15) is 5.82 Å². The Balaban J connectivity index is 1.68. The van der Waals surface area contributed by atoms with E-state index in [1.807, 2.05) is 42.6 Å². The Hall–Kier alpha value is -2.62. The molecule has 3 aromatic rings. The second-order valence-corrected chi connectivity index (χ2v) is 4.45. The van der Waals surface area contributed by atoms with Gasteiger partial charge in [-0.05, 0) is 35.9 Å².